The molecular formula is C17H27ClN2OS. The number of likely N-dealkylation sites (N-methyl/N-ethyl adjacent to an activating group) is 1. The molecule has 1 saturated heterocycles. The van der Waals surface area contributed by atoms with Gasteiger partial charge in [0.15, 0.2) is 0 Å². The van der Waals surface area contributed by atoms with E-state index in [-0.39, 0.29) is 24.4 Å². The highest BCUT2D eigenvalue weighted by Crippen LogP contribution is 2.14. The van der Waals surface area contributed by atoms with Crippen LogP contribution in [0.25, 0.3) is 0 Å². The van der Waals surface area contributed by atoms with Gasteiger partial charge in [-0.1, -0.05) is 29.8 Å². The van der Waals surface area contributed by atoms with Gasteiger partial charge >= 0.3 is 0 Å². The van der Waals surface area contributed by atoms with Crippen LogP contribution < -0.4 is 5.32 Å². The van der Waals surface area contributed by atoms with E-state index in [1.807, 2.05) is 23.7 Å². The summed E-state index contributed by atoms with van der Waals surface area (Å²) in [5.41, 5.74) is 2.57. The van der Waals surface area contributed by atoms with Crippen molar-refractivity contribution in [2.45, 2.75) is 38.8 Å². The molecule has 1 fully saturated rings. The largest absolute Gasteiger partial charge is 0.343 e. The Morgan fingerprint density at radius 1 is 1.41 bits per heavy atom. The Labute approximate surface area is 144 Å². The lowest BCUT2D eigenvalue weighted by Gasteiger charge is -2.29. The normalized spacial score (nSPS) is 19.1. The van der Waals surface area contributed by atoms with E-state index >= 15 is 0 Å². The van der Waals surface area contributed by atoms with Crippen LogP contribution in [0, 0.1) is 6.92 Å². The number of carbonyl (C=O) groups excluding carboxylic acids is 1. The standard InChI is InChI=1S/C17H26N2OS.ClH/c1-13-4-6-15(7-5-13)10-14(2)19(3)17(20)11-16-12-21-9-8-18-16;/h4-7,14,16,18H,8-12H2,1-3H3;1H. The predicted molar refractivity (Wildman–Crippen MR) is 98.1 cm³/mol. The lowest BCUT2D eigenvalue weighted by atomic mass is 10.0. The molecule has 1 aromatic rings. The third-order valence-electron chi connectivity index (χ3n) is 4.13. The number of hydrogen-bond donors (Lipinski definition) is 1. The van der Waals surface area contributed by atoms with Crippen LogP contribution in [-0.4, -0.2) is 48.0 Å². The fraction of sp³-hybridized carbons (Fsp3) is 0.588. The first-order chi connectivity index (χ1) is 10.1. The van der Waals surface area contributed by atoms with Crippen molar-refractivity contribution in [2.24, 2.45) is 0 Å². The van der Waals surface area contributed by atoms with Gasteiger partial charge in [-0.25, -0.2) is 0 Å². The van der Waals surface area contributed by atoms with Crippen molar-refractivity contribution < 1.29 is 4.79 Å². The van der Waals surface area contributed by atoms with E-state index in [0.717, 1.165) is 24.5 Å². The van der Waals surface area contributed by atoms with Gasteiger partial charge in [-0.15, -0.1) is 12.4 Å². The molecule has 2 atom stereocenters. The lowest BCUT2D eigenvalue weighted by molar-refractivity contribution is -0.132. The number of rotatable bonds is 5. The molecule has 1 N–H and O–H groups in total. The number of amides is 1. The van der Waals surface area contributed by atoms with Crippen molar-refractivity contribution in [3.8, 4) is 0 Å². The Balaban J connectivity index is 0.00000242. The number of nitrogens with zero attached hydrogens (tertiary/aromatic N) is 1. The third kappa shape index (κ3) is 5.82. The van der Waals surface area contributed by atoms with Crippen LogP contribution in [0.5, 0.6) is 0 Å². The van der Waals surface area contributed by atoms with E-state index in [1.165, 1.54) is 11.1 Å². The molecule has 124 valence electrons. The average molecular weight is 343 g/mol. The van der Waals surface area contributed by atoms with Gasteiger partial charge in [0.1, 0.15) is 0 Å². The van der Waals surface area contributed by atoms with Gasteiger partial charge in [0, 0.05) is 43.6 Å². The van der Waals surface area contributed by atoms with Crippen LogP contribution in [-0.2, 0) is 11.2 Å². The Hall–Kier alpha value is -0.710. The molecule has 0 spiro atoms. The topological polar surface area (TPSA) is 32.3 Å². The maximum Gasteiger partial charge on any atom is 0.224 e. The SMILES string of the molecule is Cc1ccc(CC(C)N(C)C(=O)CC2CSCCN2)cc1.Cl. The highest BCUT2D eigenvalue weighted by molar-refractivity contribution is 7.99. The molecule has 0 aromatic heterocycles. The van der Waals surface area contributed by atoms with Crippen molar-refractivity contribution in [2.75, 3.05) is 25.1 Å². The van der Waals surface area contributed by atoms with Crippen molar-refractivity contribution >= 4 is 30.1 Å². The molecule has 22 heavy (non-hydrogen) atoms. The van der Waals surface area contributed by atoms with E-state index in [9.17, 15) is 4.79 Å². The maximum absolute atomic E-state index is 12.4. The Morgan fingerprint density at radius 3 is 2.68 bits per heavy atom. The average Bonchev–Trinajstić information content (AvgIpc) is 2.49. The van der Waals surface area contributed by atoms with Crippen LogP contribution in [0.1, 0.15) is 24.5 Å². The molecule has 1 aliphatic heterocycles. The summed E-state index contributed by atoms with van der Waals surface area (Å²) in [6.07, 6.45) is 1.52. The van der Waals surface area contributed by atoms with Crippen LogP contribution in [0.4, 0.5) is 0 Å². The maximum atomic E-state index is 12.4. The van der Waals surface area contributed by atoms with Crippen molar-refractivity contribution in [1.29, 1.82) is 0 Å². The fourth-order valence-corrected chi connectivity index (χ4v) is 3.50. The summed E-state index contributed by atoms with van der Waals surface area (Å²) in [6, 6.07) is 9.15. The number of nitrogens with one attached hydrogen (secondary N) is 1. The lowest BCUT2D eigenvalue weighted by Crippen LogP contribution is -2.44. The number of halogens is 1. The summed E-state index contributed by atoms with van der Waals surface area (Å²) in [6.45, 7) is 5.24. The van der Waals surface area contributed by atoms with Crippen LogP contribution in [0.15, 0.2) is 24.3 Å². The molecular weight excluding hydrogens is 316 g/mol. The number of hydrogen-bond acceptors (Lipinski definition) is 3. The van der Waals surface area contributed by atoms with Crippen molar-refractivity contribution in [3.05, 3.63) is 35.4 Å². The van der Waals surface area contributed by atoms with Gasteiger partial charge < -0.3 is 10.2 Å². The number of thioether (sulfide) groups is 1. The summed E-state index contributed by atoms with van der Waals surface area (Å²) in [5, 5.41) is 3.43. The quantitative estimate of drug-likeness (QED) is 0.893. The summed E-state index contributed by atoms with van der Waals surface area (Å²) in [4.78, 5) is 14.3. The molecule has 2 rings (SSSR count). The first-order valence-corrected chi connectivity index (χ1v) is 8.84. The zero-order chi connectivity index (χ0) is 15.2. The Kier molecular flexibility index (Phi) is 8.29. The molecule has 5 heteroatoms. The molecule has 0 saturated carbocycles. The van der Waals surface area contributed by atoms with Gasteiger partial charge in [-0.05, 0) is 25.8 Å². The summed E-state index contributed by atoms with van der Waals surface area (Å²) >= 11 is 1.94. The Bertz CT molecular complexity index is 460. The van der Waals surface area contributed by atoms with Crippen LogP contribution in [0.3, 0.4) is 0 Å². The number of aryl methyl sites for hydroxylation is 1. The zero-order valence-corrected chi connectivity index (χ0v) is 15.3. The van der Waals surface area contributed by atoms with E-state index in [2.05, 4.69) is 43.4 Å². The minimum atomic E-state index is 0. The van der Waals surface area contributed by atoms with Crippen LogP contribution in [0.2, 0.25) is 0 Å². The van der Waals surface area contributed by atoms with E-state index in [4.69, 9.17) is 0 Å². The molecule has 2 unspecified atom stereocenters. The van der Waals surface area contributed by atoms with E-state index in [0.29, 0.717) is 12.5 Å². The molecule has 0 aliphatic carbocycles. The molecule has 1 heterocycles. The minimum Gasteiger partial charge on any atom is -0.343 e. The molecule has 1 amide bonds. The Morgan fingerprint density at radius 2 is 2.09 bits per heavy atom. The highest BCUT2D eigenvalue weighted by atomic mass is 35.5. The first kappa shape index (κ1) is 19.3. The van der Waals surface area contributed by atoms with E-state index < -0.39 is 0 Å². The summed E-state index contributed by atoms with van der Waals surface area (Å²) in [7, 11) is 1.93. The second-order valence-corrected chi connectivity index (χ2v) is 7.12. The highest BCUT2D eigenvalue weighted by Gasteiger charge is 2.21. The smallest absolute Gasteiger partial charge is 0.224 e. The molecule has 3 nitrogen and oxygen atoms in total. The second-order valence-electron chi connectivity index (χ2n) is 5.97. The number of benzene rings is 1. The summed E-state index contributed by atoms with van der Waals surface area (Å²) in [5.74, 6) is 2.45. The zero-order valence-electron chi connectivity index (χ0n) is 13.7. The van der Waals surface area contributed by atoms with Crippen molar-refractivity contribution in [1.82, 2.24) is 10.2 Å². The van der Waals surface area contributed by atoms with E-state index in [1.54, 1.807) is 0 Å². The second kappa shape index (κ2) is 9.43. The van der Waals surface area contributed by atoms with Gasteiger partial charge in [0.2, 0.25) is 5.91 Å². The summed E-state index contributed by atoms with van der Waals surface area (Å²) < 4.78 is 0. The number of carbonyl (C=O) groups is 1. The van der Waals surface area contributed by atoms with Gasteiger partial charge in [-0.2, -0.15) is 11.8 Å². The van der Waals surface area contributed by atoms with Gasteiger partial charge in [0.25, 0.3) is 0 Å². The fourth-order valence-electron chi connectivity index (χ4n) is 2.55. The minimum absolute atomic E-state index is 0. The van der Waals surface area contributed by atoms with Crippen molar-refractivity contribution in [3.63, 3.8) is 0 Å². The molecule has 1 aliphatic rings. The predicted octanol–water partition coefficient (Wildman–Crippen LogP) is 2.90. The molecule has 0 radical (unpaired) electrons. The molecule has 1 aromatic carbocycles. The monoisotopic (exact) mass is 342 g/mol. The van der Waals surface area contributed by atoms with Gasteiger partial charge in [0.05, 0.1) is 0 Å². The molecule has 0 bridgehead atoms. The first-order valence-electron chi connectivity index (χ1n) is 7.68. The third-order valence-corrected chi connectivity index (χ3v) is 5.26. The van der Waals surface area contributed by atoms with Gasteiger partial charge in [-0.3, -0.25) is 4.79 Å². The van der Waals surface area contributed by atoms with Crippen LogP contribution >= 0.6 is 24.2 Å².